The number of nitriles is 1. The Morgan fingerprint density at radius 3 is 2.63 bits per heavy atom. The van der Waals surface area contributed by atoms with Crippen LogP contribution in [0.3, 0.4) is 0 Å². The van der Waals surface area contributed by atoms with Gasteiger partial charge in [0.15, 0.2) is 12.2 Å². The van der Waals surface area contributed by atoms with E-state index in [-0.39, 0.29) is 11.5 Å². The van der Waals surface area contributed by atoms with Crippen molar-refractivity contribution in [1.29, 1.82) is 5.26 Å². The molecule has 0 aliphatic heterocycles. The van der Waals surface area contributed by atoms with Crippen LogP contribution in [0.5, 0.6) is 0 Å². The molecule has 0 amide bonds. The van der Waals surface area contributed by atoms with Gasteiger partial charge in [0.1, 0.15) is 6.07 Å². The zero-order chi connectivity index (χ0) is 14.1. The van der Waals surface area contributed by atoms with E-state index in [1.807, 2.05) is 12.1 Å². The zero-order valence-corrected chi connectivity index (χ0v) is 10.3. The number of hydrogen-bond donors (Lipinski definition) is 3. The van der Waals surface area contributed by atoms with Crippen LogP contribution < -0.4 is 11.1 Å². The number of allylic oxidation sites excluding steroid dienone is 3. The number of carbonyl (C=O) groups is 1. The fraction of sp³-hybridized carbons (Fsp3) is 0.143. The molecule has 0 saturated heterocycles. The van der Waals surface area contributed by atoms with Crippen molar-refractivity contribution in [2.75, 3.05) is 13.1 Å². The topological polar surface area (TPSA) is 99.1 Å². The first-order valence-corrected chi connectivity index (χ1v) is 5.72. The number of hydrogen-bond acceptors (Lipinski definition) is 5. The lowest BCUT2D eigenvalue weighted by atomic mass is 10.0. The van der Waals surface area contributed by atoms with Crippen LogP contribution >= 0.6 is 0 Å². The summed E-state index contributed by atoms with van der Waals surface area (Å²) in [5, 5.41) is 21.3. The lowest BCUT2D eigenvalue weighted by Gasteiger charge is -2.07. The van der Waals surface area contributed by atoms with Gasteiger partial charge >= 0.3 is 0 Å². The van der Waals surface area contributed by atoms with Crippen LogP contribution in [0.2, 0.25) is 0 Å². The monoisotopic (exact) mass is 257 g/mol. The van der Waals surface area contributed by atoms with Crippen molar-refractivity contribution in [1.82, 2.24) is 5.32 Å². The third-order valence-corrected chi connectivity index (χ3v) is 2.34. The number of aliphatic hydroxyl groups is 1. The van der Waals surface area contributed by atoms with E-state index in [1.54, 1.807) is 24.3 Å². The third kappa shape index (κ3) is 4.30. The van der Waals surface area contributed by atoms with Crippen LogP contribution in [-0.4, -0.2) is 24.5 Å². The van der Waals surface area contributed by atoms with Gasteiger partial charge in [0.05, 0.1) is 5.57 Å². The number of benzene rings is 1. The summed E-state index contributed by atoms with van der Waals surface area (Å²) in [6.07, 6.45) is 1.81. The fourth-order valence-corrected chi connectivity index (χ4v) is 1.47. The second kappa shape index (κ2) is 7.69. The van der Waals surface area contributed by atoms with Crippen molar-refractivity contribution in [3.05, 3.63) is 53.4 Å². The lowest BCUT2D eigenvalue weighted by molar-refractivity contribution is -0.104. The second-order valence-electron chi connectivity index (χ2n) is 3.67. The molecule has 5 heteroatoms. The van der Waals surface area contributed by atoms with Crippen LogP contribution in [-0.2, 0) is 4.79 Å². The van der Waals surface area contributed by atoms with Crippen molar-refractivity contribution >= 4 is 11.9 Å². The molecule has 0 unspecified atom stereocenters. The first-order valence-electron chi connectivity index (χ1n) is 5.72. The fourth-order valence-electron chi connectivity index (χ4n) is 1.47. The van der Waals surface area contributed by atoms with Crippen LogP contribution in [0.4, 0.5) is 0 Å². The molecule has 0 aromatic heterocycles. The molecule has 1 aromatic rings. The maximum atomic E-state index is 10.9. The summed E-state index contributed by atoms with van der Waals surface area (Å²) in [6, 6.07) is 10.7. The number of carbonyl (C=O) groups excluding carboxylic acids is 1. The van der Waals surface area contributed by atoms with Gasteiger partial charge in [0, 0.05) is 24.7 Å². The van der Waals surface area contributed by atoms with Gasteiger partial charge in [-0.3, -0.25) is 4.79 Å². The Bertz CT molecular complexity index is 527. The van der Waals surface area contributed by atoms with Gasteiger partial charge in [0.25, 0.3) is 0 Å². The van der Waals surface area contributed by atoms with E-state index in [9.17, 15) is 9.90 Å². The molecule has 0 heterocycles. The predicted molar refractivity (Wildman–Crippen MR) is 72.8 cm³/mol. The van der Waals surface area contributed by atoms with E-state index >= 15 is 0 Å². The van der Waals surface area contributed by atoms with Crippen molar-refractivity contribution in [2.24, 2.45) is 5.73 Å². The standard InChI is InChI=1S/C14H15N3O2/c15-6-7-17-14(19)8-13(12(9-16)10-18)11-4-2-1-3-5-11/h1-5,8,10,17,19H,6-7,15H2/b13-12+,14-8+. The number of aliphatic hydroxyl groups excluding tert-OH is 1. The first-order chi connectivity index (χ1) is 9.22. The van der Waals surface area contributed by atoms with Gasteiger partial charge in [-0.25, -0.2) is 0 Å². The Morgan fingerprint density at radius 1 is 1.42 bits per heavy atom. The van der Waals surface area contributed by atoms with Gasteiger partial charge in [-0.15, -0.1) is 0 Å². The van der Waals surface area contributed by atoms with Crippen LogP contribution in [0.1, 0.15) is 5.56 Å². The molecular weight excluding hydrogens is 242 g/mol. The molecule has 1 rings (SSSR count). The van der Waals surface area contributed by atoms with E-state index in [1.165, 1.54) is 6.08 Å². The van der Waals surface area contributed by atoms with Crippen LogP contribution in [0.15, 0.2) is 47.9 Å². The van der Waals surface area contributed by atoms with Crippen LogP contribution in [0.25, 0.3) is 5.57 Å². The van der Waals surface area contributed by atoms with Gasteiger partial charge in [-0.05, 0) is 5.56 Å². The first kappa shape index (κ1) is 14.5. The molecule has 5 nitrogen and oxygen atoms in total. The maximum Gasteiger partial charge on any atom is 0.184 e. The number of rotatable bonds is 6. The highest BCUT2D eigenvalue weighted by Gasteiger charge is 2.07. The normalized spacial score (nSPS) is 12.3. The Kier molecular flexibility index (Phi) is 5.86. The molecule has 19 heavy (non-hydrogen) atoms. The molecule has 0 saturated carbocycles. The summed E-state index contributed by atoms with van der Waals surface area (Å²) in [5.74, 6) is -0.140. The van der Waals surface area contributed by atoms with E-state index in [4.69, 9.17) is 11.0 Å². The number of nitrogens with one attached hydrogen (secondary N) is 1. The van der Waals surface area contributed by atoms with E-state index in [0.717, 1.165) is 0 Å². The molecule has 0 atom stereocenters. The van der Waals surface area contributed by atoms with Crippen LogP contribution in [0, 0.1) is 11.3 Å². The van der Waals surface area contributed by atoms with Gasteiger partial charge in [-0.2, -0.15) is 5.26 Å². The summed E-state index contributed by atoms with van der Waals surface area (Å²) in [6.45, 7) is 0.758. The van der Waals surface area contributed by atoms with Crippen molar-refractivity contribution in [2.45, 2.75) is 0 Å². The van der Waals surface area contributed by atoms with Gasteiger partial charge in [0.2, 0.25) is 0 Å². The van der Waals surface area contributed by atoms with Crippen molar-refractivity contribution < 1.29 is 9.90 Å². The summed E-state index contributed by atoms with van der Waals surface area (Å²) >= 11 is 0. The van der Waals surface area contributed by atoms with Gasteiger partial charge < -0.3 is 16.2 Å². The number of nitrogens with zero attached hydrogens (tertiary/aromatic N) is 1. The van der Waals surface area contributed by atoms with E-state index < -0.39 is 0 Å². The van der Waals surface area contributed by atoms with Crippen molar-refractivity contribution in [3.8, 4) is 6.07 Å². The van der Waals surface area contributed by atoms with Crippen molar-refractivity contribution in [3.63, 3.8) is 0 Å². The lowest BCUT2D eigenvalue weighted by Crippen LogP contribution is -2.21. The minimum absolute atomic E-state index is 0.0488. The Labute approximate surface area is 111 Å². The number of aldehydes is 1. The molecule has 0 bridgehead atoms. The van der Waals surface area contributed by atoms with E-state index in [2.05, 4.69) is 5.32 Å². The highest BCUT2D eigenvalue weighted by atomic mass is 16.3. The molecule has 0 aliphatic rings. The minimum Gasteiger partial charge on any atom is -0.495 e. The molecule has 98 valence electrons. The minimum atomic E-state index is -0.140. The SMILES string of the molecule is N#C/C(C=O)=C(/C=C(/O)NCCN)c1ccccc1. The molecule has 0 spiro atoms. The molecule has 1 aromatic carbocycles. The average Bonchev–Trinajstić information content (AvgIpc) is 2.46. The molecule has 0 fully saturated rings. The largest absolute Gasteiger partial charge is 0.495 e. The Balaban J connectivity index is 3.20. The molecule has 0 radical (unpaired) electrons. The average molecular weight is 257 g/mol. The summed E-state index contributed by atoms with van der Waals surface area (Å²) < 4.78 is 0. The molecule has 0 aliphatic carbocycles. The predicted octanol–water partition coefficient (Wildman–Crippen LogP) is 1.11. The quantitative estimate of drug-likeness (QED) is 0.233. The van der Waals surface area contributed by atoms with Gasteiger partial charge in [-0.1, -0.05) is 30.3 Å². The summed E-state index contributed by atoms with van der Waals surface area (Å²) in [7, 11) is 0. The smallest absolute Gasteiger partial charge is 0.184 e. The third-order valence-electron chi connectivity index (χ3n) is 2.34. The number of nitrogens with two attached hydrogens (primary N) is 1. The second-order valence-corrected chi connectivity index (χ2v) is 3.67. The molecule has 4 N–H and O–H groups in total. The summed E-state index contributed by atoms with van der Waals surface area (Å²) in [4.78, 5) is 10.9. The highest BCUT2D eigenvalue weighted by Crippen LogP contribution is 2.19. The highest BCUT2D eigenvalue weighted by molar-refractivity contribution is 5.96. The van der Waals surface area contributed by atoms with E-state index in [0.29, 0.717) is 30.5 Å². The zero-order valence-electron chi connectivity index (χ0n) is 10.3. The molecular formula is C14H15N3O2. The Hall–Kier alpha value is -2.58. The Morgan fingerprint density at radius 2 is 2.11 bits per heavy atom. The summed E-state index contributed by atoms with van der Waals surface area (Å²) in [5.41, 5.74) is 6.30. The maximum absolute atomic E-state index is 10.9.